The quantitative estimate of drug-likeness (QED) is 0.826. The lowest BCUT2D eigenvalue weighted by atomic mass is 10.1. The fraction of sp³-hybridized carbons (Fsp3) is 0.667. The van der Waals surface area contributed by atoms with Crippen molar-refractivity contribution < 1.29 is 8.42 Å². The van der Waals surface area contributed by atoms with Crippen LogP contribution in [0.25, 0.3) is 0 Å². The van der Waals surface area contributed by atoms with Crippen molar-refractivity contribution in [2.45, 2.75) is 43.5 Å². The molecule has 0 amide bonds. The number of nitrogens with zero attached hydrogens (tertiary/aromatic N) is 3. The molecule has 1 saturated carbocycles. The van der Waals surface area contributed by atoms with Gasteiger partial charge in [-0.1, -0.05) is 6.07 Å². The lowest BCUT2D eigenvalue weighted by Crippen LogP contribution is -2.49. The molecule has 1 aliphatic carbocycles. The van der Waals surface area contributed by atoms with Gasteiger partial charge in [-0.3, -0.25) is 9.88 Å². The molecule has 1 aliphatic heterocycles. The second-order valence-corrected chi connectivity index (χ2v) is 8.39. The van der Waals surface area contributed by atoms with E-state index in [1.54, 1.807) is 17.5 Å². The Morgan fingerprint density at radius 1 is 1.33 bits per heavy atom. The first kappa shape index (κ1) is 14.9. The molecule has 116 valence electrons. The van der Waals surface area contributed by atoms with Crippen molar-refractivity contribution in [3.05, 3.63) is 30.1 Å². The molecule has 6 heteroatoms. The molecular formula is C15H23N3O2S. The number of likely N-dealkylation sites (tertiary alicyclic amines) is 1. The lowest BCUT2D eigenvalue weighted by molar-refractivity contribution is 0.151. The summed E-state index contributed by atoms with van der Waals surface area (Å²) in [6.45, 7) is 2.62. The fourth-order valence-electron chi connectivity index (χ4n) is 3.00. The number of aromatic nitrogens is 1. The predicted molar refractivity (Wildman–Crippen MR) is 82.2 cm³/mol. The van der Waals surface area contributed by atoms with Crippen molar-refractivity contribution in [1.29, 1.82) is 0 Å². The molecule has 0 spiro atoms. The van der Waals surface area contributed by atoms with Crippen LogP contribution in [0.15, 0.2) is 24.4 Å². The third-order valence-electron chi connectivity index (χ3n) is 4.45. The zero-order valence-electron chi connectivity index (χ0n) is 12.5. The number of hydrogen-bond donors (Lipinski definition) is 0. The summed E-state index contributed by atoms with van der Waals surface area (Å²) in [5.41, 5.74) is 1.05. The second-order valence-electron chi connectivity index (χ2n) is 6.11. The van der Waals surface area contributed by atoms with E-state index in [4.69, 9.17) is 0 Å². The summed E-state index contributed by atoms with van der Waals surface area (Å²) >= 11 is 0. The molecule has 1 atom stereocenters. The summed E-state index contributed by atoms with van der Waals surface area (Å²) in [5, 5.41) is -0.117. The van der Waals surface area contributed by atoms with Gasteiger partial charge < -0.3 is 0 Å². The van der Waals surface area contributed by atoms with Crippen LogP contribution in [0.1, 0.15) is 31.4 Å². The van der Waals surface area contributed by atoms with Crippen LogP contribution in [0, 0.1) is 0 Å². The molecule has 1 aromatic rings. The van der Waals surface area contributed by atoms with Crippen LogP contribution >= 0.6 is 0 Å². The monoisotopic (exact) mass is 309 g/mol. The molecule has 0 aromatic carbocycles. The molecular weight excluding hydrogens is 286 g/mol. The van der Waals surface area contributed by atoms with E-state index >= 15 is 0 Å². The topological polar surface area (TPSA) is 53.5 Å². The molecule has 1 unspecified atom stereocenters. The Hall–Kier alpha value is -0.980. The molecule has 2 aliphatic rings. The van der Waals surface area contributed by atoms with Crippen molar-refractivity contribution in [1.82, 2.24) is 14.2 Å². The Kier molecular flexibility index (Phi) is 4.28. The van der Waals surface area contributed by atoms with Gasteiger partial charge in [0, 0.05) is 32.4 Å². The highest BCUT2D eigenvalue weighted by atomic mass is 32.2. The molecule has 2 heterocycles. The smallest absolute Gasteiger partial charge is 0.217 e. The summed E-state index contributed by atoms with van der Waals surface area (Å²) in [5.74, 6) is 0. The van der Waals surface area contributed by atoms with Crippen molar-refractivity contribution >= 4 is 10.0 Å². The maximum absolute atomic E-state index is 12.4. The third-order valence-corrected chi connectivity index (χ3v) is 6.87. The summed E-state index contributed by atoms with van der Waals surface area (Å²) in [7, 11) is -1.32. The molecule has 0 N–H and O–H groups in total. The van der Waals surface area contributed by atoms with Gasteiger partial charge in [0.2, 0.25) is 10.0 Å². The maximum Gasteiger partial charge on any atom is 0.217 e. The van der Waals surface area contributed by atoms with E-state index in [9.17, 15) is 8.42 Å². The highest BCUT2D eigenvalue weighted by molar-refractivity contribution is 7.90. The van der Waals surface area contributed by atoms with E-state index in [0.717, 1.165) is 51.0 Å². The summed E-state index contributed by atoms with van der Waals surface area (Å²) < 4.78 is 26.3. The van der Waals surface area contributed by atoms with E-state index in [-0.39, 0.29) is 11.3 Å². The van der Waals surface area contributed by atoms with Gasteiger partial charge in [-0.25, -0.2) is 12.7 Å². The number of rotatable bonds is 5. The van der Waals surface area contributed by atoms with Gasteiger partial charge >= 0.3 is 0 Å². The zero-order valence-corrected chi connectivity index (χ0v) is 13.3. The van der Waals surface area contributed by atoms with Gasteiger partial charge in [0.25, 0.3) is 0 Å². The van der Waals surface area contributed by atoms with Crippen LogP contribution < -0.4 is 0 Å². The maximum atomic E-state index is 12.4. The fourth-order valence-corrected chi connectivity index (χ4v) is 4.79. The highest BCUT2D eigenvalue weighted by Gasteiger charge is 2.41. The van der Waals surface area contributed by atoms with Gasteiger partial charge in [0.1, 0.15) is 0 Å². The van der Waals surface area contributed by atoms with Crippen molar-refractivity contribution in [2.75, 3.05) is 20.1 Å². The number of hydrogen-bond acceptors (Lipinski definition) is 4. The molecule has 5 nitrogen and oxygen atoms in total. The first-order chi connectivity index (χ1) is 10.1. The van der Waals surface area contributed by atoms with E-state index in [2.05, 4.69) is 9.88 Å². The molecule has 21 heavy (non-hydrogen) atoms. The minimum Gasteiger partial charge on any atom is -0.296 e. The van der Waals surface area contributed by atoms with Crippen LogP contribution in [0.2, 0.25) is 0 Å². The minimum atomic E-state index is -3.07. The average molecular weight is 309 g/mol. The number of sulfonamides is 1. The van der Waals surface area contributed by atoms with Crippen LogP contribution in [0.5, 0.6) is 0 Å². The third kappa shape index (κ3) is 3.44. The summed E-state index contributed by atoms with van der Waals surface area (Å²) in [6, 6.07) is 6.04. The van der Waals surface area contributed by atoms with Gasteiger partial charge in [0.05, 0.1) is 10.9 Å². The Morgan fingerprint density at radius 2 is 2.14 bits per heavy atom. The van der Waals surface area contributed by atoms with Crippen LogP contribution in [0.3, 0.4) is 0 Å². The second kappa shape index (κ2) is 6.02. The Morgan fingerprint density at radius 3 is 2.81 bits per heavy atom. The normalized spacial score (nSPS) is 24.4. The van der Waals surface area contributed by atoms with Crippen LogP contribution in [0.4, 0.5) is 0 Å². The van der Waals surface area contributed by atoms with E-state index < -0.39 is 10.0 Å². The van der Waals surface area contributed by atoms with Crippen molar-refractivity contribution in [2.24, 2.45) is 0 Å². The Bertz CT molecular complexity index is 572. The molecule has 1 saturated heterocycles. The lowest BCUT2D eigenvalue weighted by Gasteiger charge is -2.37. The van der Waals surface area contributed by atoms with Gasteiger partial charge in [-0.05, 0) is 44.4 Å². The standard InChI is InChI=1S/C15H23N3O2S/c1-17(21(19,20)15-7-8-15)14-6-4-10-18(12-14)11-13-5-2-3-9-16-13/h2-3,5,9,14-15H,4,6-8,10-12H2,1H3. The largest absolute Gasteiger partial charge is 0.296 e. The molecule has 0 bridgehead atoms. The molecule has 0 radical (unpaired) electrons. The molecule has 2 fully saturated rings. The van der Waals surface area contributed by atoms with E-state index in [0.29, 0.717) is 0 Å². The highest BCUT2D eigenvalue weighted by Crippen LogP contribution is 2.32. The van der Waals surface area contributed by atoms with Crippen LogP contribution in [-0.4, -0.2) is 54.0 Å². The number of piperidine rings is 1. The number of likely N-dealkylation sites (N-methyl/N-ethyl adjacent to an activating group) is 1. The number of pyridine rings is 1. The predicted octanol–water partition coefficient (Wildman–Crippen LogP) is 1.47. The van der Waals surface area contributed by atoms with Crippen LogP contribution in [-0.2, 0) is 16.6 Å². The SMILES string of the molecule is CN(C1CCCN(Cc2ccccn2)C1)S(=O)(=O)C1CC1. The molecule has 1 aromatic heterocycles. The minimum absolute atomic E-state index is 0.105. The first-order valence-electron chi connectivity index (χ1n) is 7.66. The van der Waals surface area contributed by atoms with Crippen molar-refractivity contribution in [3.8, 4) is 0 Å². The van der Waals surface area contributed by atoms with Gasteiger partial charge in [0.15, 0.2) is 0 Å². The average Bonchev–Trinajstić information content (AvgIpc) is 3.33. The summed E-state index contributed by atoms with van der Waals surface area (Å²) in [4.78, 5) is 6.67. The zero-order chi connectivity index (χ0) is 14.9. The summed E-state index contributed by atoms with van der Waals surface area (Å²) in [6.07, 6.45) is 5.47. The van der Waals surface area contributed by atoms with E-state index in [1.165, 1.54) is 0 Å². The van der Waals surface area contributed by atoms with E-state index in [1.807, 2.05) is 18.2 Å². The first-order valence-corrected chi connectivity index (χ1v) is 9.17. The molecule has 3 rings (SSSR count). The van der Waals surface area contributed by atoms with Gasteiger partial charge in [-0.15, -0.1) is 0 Å². The Labute approximate surface area is 127 Å². The van der Waals surface area contributed by atoms with Gasteiger partial charge in [-0.2, -0.15) is 0 Å². The Balaban J connectivity index is 1.63. The van der Waals surface area contributed by atoms with Crippen molar-refractivity contribution in [3.63, 3.8) is 0 Å².